The van der Waals surface area contributed by atoms with Gasteiger partial charge in [0.25, 0.3) is 0 Å². The second kappa shape index (κ2) is 7.49. The molecule has 0 spiro atoms. The number of hydrogen-bond acceptors (Lipinski definition) is 2. The standard InChI is InChI=1S/C16H32N2/c1-3-12-17-15-10-6-7-11-16(15)18-13-8-4-5-9-14(18)2/h14-17H,3-13H2,1-2H3. The summed E-state index contributed by atoms with van der Waals surface area (Å²) >= 11 is 0. The SMILES string of the molecule is CCCNC1CCCCC1N1CCCCCC1C. The molecule has 1 aliphatic heterocycles. The van der Waals surface area contributed by atoms with Gasteiger partial charge in [0, 0.05) is 18.1 Å². The van der Waals surface area contributed by atoms with Gasteiger partial charge in [-0.05, 0) is 52.1 Å². The lowest BCUT2D eigenvalue weighted by molar-refractivity contribution is 0.0877. The van der Waals surface area contributed by atoms with Crippen LogP contribution in [0.1, 0.15) is 71.6 Å². The molecule has 2 fully saturated rings. The maximum absolute atomic E-state index is 3.82. The molecule has 1 aliphatic carbocycles. The lowest BCUT2D eigenvalue weighted by Crippen LogP contribution is -2.54. The molecule has 1 heterocycles. The summed E-state index contributed by atoms with van der Waals surface area (Å²) in [6.45, 7) is 7.27. The molecule has 3 unspecified atom stereocenters. The molecule has 1 N–H and O–H groups in total. The summed E-state index contributed by atoms with van der Waals surface area (Å²) < 4.78 is 0. The quantitative estimate of drug-likeness (QED) is 0.823. The van der Waals surface area contributed by atoms with Gasteiger partial charge in [0.05, 0.1) is 0 Å². The molecule has 2 heteroatoms. The second-order valence-corrected chi connectivity index (χ2v) is 6.35. The van der Waals surface area contributed by atoms with Crippen LogP contribution in [0.5, 0.6) is 0 Å². The minimum Gasteiger partial charge on any atom is -0.312 e. The maximum atomic E-state index is 3.82. The molecule has 0 aromatic carbocycles. The molecule has 0 amide bonds. The van der Waals surface area contributed by atoms with Gasteiger partial charge >= 0.3 is 0 Å². The van der Waals surface area contributed by atoms with E-state index >= 15 is 0 Å². The average molecular weight is 252 g/mol. The molecule has 106 valence electrons. The van der Waals surface area contributed by atoms with Crippen molar-refractivity contribution < 1.29 is 0 Å². The summed E-state index contributed by atoms with van der Waals surface area (Å²) in [5, 5.41) is 3.82. The van der Waals surface area contributed by atoms with Gasteiger partial charge < -0.3 is 5.32 Å². The first-order valence-corrected chi connectivity index (χ1v) is 8.32. The van der Waals surface area contributed by atoms with Crippen molar-refractivity contribution in [2.75, 3.05) is 13.1 Å². The predicted molar refractivity (Wildman–Crippen MR) is 79.0 cm³/mol. The molecule has 0 radical (unpaired) electrons. The van der Waals surface area contributed by atoms with Crippen LogP contribution in [0.15, 0.2) is 0 Å². The molecule has 2 aliphatic rings. The monoisotopic (exact) mass is 252 g/mol. The Hall–Kier alpha value is -0.0800. The van der Waals surface area contributed by atoms with Crippen molar-refractivity contribution in [3.8, 4) is 0 Å². The van der Waals surface area contributed by atoms with Gasteiger partial charge in [0.1, 0.15) is 0 Å². The van der Waals surface area contributed by atoms with Crippen molar-refractivity contribution in [1.82, 2.24) is 10.2 Å². The highest BCUT2D eigenvalue weighted by molar-refractivity contribution is 4.90. The molecular formula is C16H32N2. The van der Waals surface area contributed by atoms with E-state index in [1.165, 1.54) is 70.9 Å². The van der Waals surface area contributed by atoms with Gasteiger partial charge in [-0.1, -0.05) is 32.6 Å². The van der Waals surface area contributed by atoms with E-state index in [1.54, 1.807) is 0 Å². The van der Waals surface area contributed by atoms with E-state index in [2.05, 4.69) is 24.1 Å². The Morgan fingerprint density at radius 1 is 1.00 bits per heavy atom. The van der Waals surface area contributed by atoms with E-state index < -0.39 is 0 Å². The minimum absolute atomic E-state index is 0.763. The Bertz CT molecular complexity index is 229. The number of nitrogens with zero attached hydrogens (tertiary/aromatic N) is 1. The smallest absolute Gasteiger partial charge is 0.0252 e. The topological polar surface area (TPSA) is 15.3 Å². The van der Waals surface area contributed by atoms with Gasteiger partial charge in [-0.2, -0.15) is 0 Å². The van der Waals surface area contributed by atoms with Crippen molar-refractivity contribution in [2.45, 2.75) is 89.8 Å². The Morgan fingerprint density at radius 2 is 1.78 bits per heavy atom. The Labute approximate surface area is 114 Å². The fourth-order valence-corrected chi connectivity index (χ4v) is 3.87. The van der Waals surface area contributed by atoms with Crippen LogP contribution in [0.3, 0.4) is 0 Å². The third kappa shape index (κ3) is 3.71. The van der Waals surface area contributed by atoms with Crippen LogP contribution in [0.4, 0.5) is 0 Å². The summed E-state index contributed by atoms with van der Waals surface area (Å²) in [6.07, 6.45) is 12.7. The van der Waals surface area contributed by atoms with Crippen molar-refractivity contribution in [3.05, 3.63) is 0 Å². The van der Waals surface area contributed by atoms with E-state index in [-0.39, 0.29) is 0 Å². The molecule has 2 nitrogen and oxygen atoms in total. The van der Waals surface area contributed by atoms with Crippen LogP contribution >= 0.6 is 0 Å². The third-order valence-corrected chi connectivity index (χ3v) is 4.92. The van der Waals surface area contributed by atoms with Crippen LogP contribution in [-0.2, 0) is 0 Å². The van der Waals surface area contributed by atoms with E-state index in [9.17, 15) is 0 Å². The van der Waals surface area contributed by atoms with Crippen molar-refractivity contribution in [2.24, 2.45) is 0 Å². The van der Waals surface area contributed by atoms with E-state index in [1.807, 2.05) is 0 Å². The van der Waals surface area contributed by atoms with Gasteiger partial charge in [-0.15, -0.1) is 0 Å². The van der Waals surface area contributed by atoms with E-state index in [0.717, 1.165) is 18.1 Å². The number of likely N-dealkylation sites (tertiary alicyclic amines) is 1. The minimum atomic E-state index is 0.763. The van der Waals surface area contributed by atoms with Gasteiger partial charge in [-0.3, -0.25) is 4.90 Å². The van der Waals surface area contributed by atoms with Crippen molar-refractivity contribution in [3.63, 3.8) is 0 Å². The molecular weight excluding hydrogens is 220 g/mol. The zero-order chi connectivity index (χ0) is 12.8. The Morgan fingerprint density at radius 3 is 2.61 bits per heavy atom. The highest BCUT2D eigenvalue weighted by atomic mass is 15.2. The number of hydrogen-bond donors (Lipinski definition) is 1. The van der Waals surface area contributed by atoms with Crippen LogP contribution in [0.25, 0.3) is 0 Å². The average Bonchev–Trinajstić information content (AvgIpc) is 2.61. The first kappa shape index (κ1) is 14.3. The highest BCUT2D eigenvalue weighted by Gasteiger charge is 2.32. The van der Waals surface area contributed by atoms with Crippen LogP contribution in [-0.4, -0.2) is 36.1 Å². The largest absolute Gasteiger partial charge is 0.312 e. The Kier molecular flexibility index (Phi) is 5.97. The maximum Gasteiger partial charge on any atom is 0.0252 e. The molecule has 1 saturated carbocycles. The van der Waals surface area contributed by atoms with Crippen LogP contribution in [0.2, 0.25) is 0 Å². The summed E-state index contributed by atoms with van der Waals surface area (Å²) in [7, 11) is 0. The van der Waals surface area contributed by atoms with Gasteiger partial charge in [0.15, 0.2) is 0 Å². The summed E-state index contributed by atoms with van der Waals surface area (Å²) in [5.41, 5.74) is 0. The van der Waals surface area contributed by atoms with Gasteiger partial charge in [-0.25, -0.2) is 0 Å². The predicted octanol–water partition coefficient (Wildman–Crippen LogP) is 3.56. The summed E-state index contributed by atoms with van der Waals surface area (Å²) in [5.74, 6) is 0. The van der Waals surface area contributed by atoms with Gasteiger partial charge in [0.2, 0.25) is 0 Å². The van der Waals surface area contributed by atoms with Crippen LogP contribution < -0.4 is 5.32 Å². The molecule has 1 saturated heterocycles. The van der Waals surface area contributed by atoms with Crippen molar-refractivity contribution >= 4 is 0 Å². The Balaban J connectivity index is 1.97. The van der Waals surface area contributed by atoms with E-state index in [4.69, 9.17) is 0 Å². The normalized spacial score (nSPS) is 35.3. The summed E-state index contributed by atoms with van der Waals surface area (Å²) in [6, 6.07) is 2.39. The zero-order valence-corrected chi connectivity index (χ0v) is 12.5. The third-order valence-electron chi connectivity index (χ3n) is 4.92. The second-order valence-electron chi connectivity index (χ2n) is 6.35. The first-order valence-electron chi connectivity index (χ1n) is 8.32. The lowest BCUT2D eigenvalue weighted by Gasteiger charge is -2.43. The fraction of sp³-hybridized carbons (Fsp3) is 1.00. The molecule has 18 heavy (non-hydrogen) atoms. The summed E-state index contributed by atoms with van der Waals surface area (Å²) in [4.78, 5) is 2.85. The number of nitrogens with one attached hydrogen (secondary N) is 1. The molecule has 2 rings (SSSR count). The molecule has 0 aromatic heterocycles. The zero-order valence-electron chi connectivity index (χ0n) is 12.5. The number of rotatable bonds is 4. The fourth-order valence-electron chi connectivity index (χ4n) is 3.87. The molecule has 3 atom stereocenters. The molecule has 0 bridgehead atoms. The lowest BCUT2D eigenvalue weighted by atomic mass is 9.88. The van der Waals surface area contributed by atoms with Crippen molar-refractivity contribution in [1.29, 1.82) is 0 Å². The highest BCUT2D eigenvalue weighted by Crippen LogP contribution is 2.28. The van der Waals surface area contributed by atoms with E-state index in [0.29, 0.717) is 0 Å². The first-order chi connectivity index (χ1) is 8.83. The molecule has 0 aromatic rings. The van der Waals surface area contributed by atoms with Crippen LogP contribution in [0, 0.1) is 0 Å².